The zero-order valence-corrected chi connectivity index (χ0v) is 10.6. The average Bonchev–Trinajstić information content (AvgIpc) is 2.35. The van der Waals surface area contributed by atoms with E-state index in [1.165, 1.54) is 19.1 Å². The molecular formula is C10H18N2O6. The fourth-order valence-corrected chi connectivity index (χ4v) is 1.11. The summed E-state index contributed by atoms with van der Waals surface area (Å²) >= 11 is 0. The first-order chi connectivity index (χ1) is 8.46. The summed E-state index contributed by atoms with van der Waals surface area (Å²) in [5, 5.41) is 11.1. The van der Waals surface area contributed by atoms with E-state index in [-0.39, 0.29) is 13.1 Å². The van der Waals surface area contributed by atoms with E-state index in [0.29, 0.717) is 6.54 Å². The number of carbonyl (C=O) groups excluding carboxylic acids is 2. The number of hydrogen-bond donors (Lipinski definition) is 2. The van der Waals surface area contributed by atoms with Gasteiger partial charge in [-0.05, 0) is 6.92 Å². The number of ether oxygens (including phenoxy) is 2. The third-order valence-electron chi connectivity index (χ3n) is 2.22. The van der Waals surface area contributed by atoms with E-state index in [1.54, 1.807) is 6.92 Å². The summed E-state index contributed by atoms with van der Waals surface area (Å²) in [4.78, 5) is 34.5. The van der Waals surface area contributed by atoms with Crippen LogP contribution < -0.4 is 5.32 Å². The summed E-state index contributed by atoms with van der Waals surface area (Å²) in [6.07, 6.45) is -1.12. The van der Waals surface area contributed by atoms with Crippen LogP contribution in [0.5, 0.6) is 0 Å². The van der Waals surface area contributed by atoms with Crippen molar-refractivity contribution < 1.29 is 29.0 Å². The molecule has 0 aromatic carbocycles. The fourth-order valence-electron chi connectivity index (χ4n) is 1.11. The summed E-state index contributed by atoms with van der Waals surface area (Å²) in [6.45, 7) is 1.62. The molecule has 2 amide bonds. The lowest BCUT2D eigenvalue weighted by molar-refractivity contribution is -0.148. The van der Waals surface area contributed by atoms with Gasteiger partial charge in [0, 0.05) is 13.7 Å². The normalized spacial score (nSPS) is 11.5. The maximum Gasteiger partial charge on any atom is 0.334 e. The van der Waals surface area contributed by atoms with Crippen molar-refractivity contribution in [2.24, 2.45) is 0 Å². The Labute approximate surface area is 105 Å². The zero-order valence-electron chi connectivity index (χ0n) is 10.6. The molecule has 0 aliphatic carbocycles. The number of methoxy groups -OCH3 is 2. The first-order valence-corrected chi connectivity index (χ1v) is 5.31. The second-order valence-corrected chi connectivity index (χ2v) is 3.34. The Morgan fingerprint density at radius 1 is 1.33 bits per heavy atom. The number of likely N-dealkylation sites (N-methyl/N-ethyl adjacent to an activating group) is 1. The molecule has 0 rings (SSSR count). The number of nitrogens with one attached hydrogen (secondary N) is 1. The molecule has 2 N–H and O–H groups in total. The van der Waals surface area contributed by atoms with Crippen LogP contribution >= 0.6 is 0 Å². The van der Waals surface area contributed by atoms with E-state index in [4.69, 9.17) is 5.11 Å². The van der Waals surface area contributed by atoms with Gasteiger partial charge in [0.1, 0.15) is 6.54 Å². The van der Waals surface area contributed by atoms with E-state index in [2.05, 4.69) is 14.8 Å². The molecule has 0 aliphatic rings. The van der Waals surface area contributed by atoms with Crippen LogP contribution in [0.1, 0.15) is 6.92 Å². The lowest BCUT2D eigenvalue weighted by atomic mass is 10.3. The summed E-state index contributed by atoms with van der Waals surface area (Å²) in [5.41, 5.74) is 0. The number of carboxylic acids is 1. The number of aliphatic carboxylic acids is 1. The second kappa shape index (κ2) is 8.29. The molecule has 104 valence electrons. The Kier molecular flexibility index (Phi) is 7.45. The third kappa shape index (κ3) is 5.48. The van der Waals surface area contributed by atoms with E-state index in [9.17, 15) is 14.4 Å². The van der Waals surface area contributed by atoms with Gasteiger partial charge in [-0.1, -0.05) is 0 Å². The van der Waals surface area contributed by atoms with E-state index >= 15 is 0 Å². The minimum absolute atomic E-state index is 0.178. The van der Waals surface area contributed by atoms with Crippen LogP contribution in [0, 0.1) is 0 Å². The topological polar surface area (TPSA) is 105 Å². The molecule has 0 bridgehead atoms. The van der Waals surface area contributed by atoms with Crippen molar-refractivity contribution in [1.29, 1.82) is 0 Å². The van der Waals surface area contributed by atoms with Crippen LogP contribution in [0.25, 0.3) is 0 Å². The Morgan fingerprint density at radius 3 is 2.33 bits per heavy atom. The van der Waals surface area contributed by atoms with Gasteiger partial charge in [0.05, 0.1) is 13.7 Å². The van der Waals surface area contributed by atoms with Crippen LogP contribution in [0.3, 0.4) is 0 Å². The highest BCUT2D eigenvalue weighted by molar-refractivity contribution is 5.81. The summed E-state index contributed by atoms with van der Waals surface area (Å²) < 4.78 is 9.09. The molecule has 1 atom stereocenters. The molecule has 0 saturated carbocycles. The zero-order chi connectivity index (χ0) is 14.1. The Bertz CT molecular complexity index is 307. The van der Waals surface area contributed by atoms with Crippen LogP contribution in [-0.2, 0) is 19.1 Å². The number of carbonyl (C=O) groups is 3. The van der Waals surface area contributed by atoms with Gasteiger partial charge in [0.2, 0.25) is 0 Å². The molecule has 1 unspecified atom stereocenters. The quantitative estimate of drug-likeness (QED) is 0.587. The smallest absolute Gasteiger partial charge is 0.334 e. The minimum atomic E-state index is -1.17. The van der Waals surface area contributed by atoms with Crippen molar-refractivity contribution in [3.8, 4) is 0 Å². The molecule has 0 aromatic heterocycles. The van der Waals surface area contributed by atoms with E-state index < -0.39 is 24.1 Å². The number of carboxylic acid groups (broad SMARTS) is 1. The first-order valence-electron chi connectivity index (χ1n) is 5.31. The average molecular weight is 262 g/mol. The Morgan fingerprint density at radius 2 is 1.94 bits per heavy atom. The van der Waals surface area contributed by atoms with Gasteiger partial charge in [0.25, 0.3) is 0 Å². The SMILES string of the molecule is CCN(CC(=O)OC)C(=O)NCC(OC)C(=O)O. The van der Waals surface area contributed by atoms with Gasteiger partial charge < -0.3 is 24.8 Å². The third-order valence-corrected chi connectivity index (χ3v) is 2.22. The standard InChI is InChI=1S/C10H18N2O6/c1-4-12(6-8(13)18-3)10(16)11-5-7(17-2)9(14)15/h7H,4-6H2,1-3H3,(H,11,16)(H,14,15). The molecule has 8 nitrogen and oxygen atoms in total. The number of amides is 2. The van der Waals surface area contributed by atoms with Gasteiger partial charge in [0.15, 0.2) is 6.10 Å². The Hall–Kier alpha value is -1.83. The van der Waals surface area contributed by atoms with E-state index in [1.807, 2.05) is 0 Å². The highest BCUT2D eigenvalue weighted by Gasteiger charge is 2.20. The number of esters is 1. The number of urea groups is 1. The summed E-state index contributed by atoms with van der Waals surface area (Å²) in [7, 11) is 2.45. The van der Waals surface area contributed by atoms with Crippen molar-refractivity contribution in [2.45, 2.75) is 13.0 Å². The van der Waals surface area contributed by atoms with Crippen LogP contribution in [0.2, 0.25) is 0 Å². The van der Waals surface area contributed by atoms with E-state index in [0.717, 1.165) is 0 Å². The monoisotopic (exact) mass is 262 g/mol. The van der Waals surface area contributed by atoms with Crippen molar-refractivity contribution in [1.82, 2.24) is 10.2 Å². The predicted molar refractivity (Wildman–Crippen MR) is 61.1 cm³/mol. The van der Waals surface area contributed by atoms with Gasteiger partial charge in [-0.25, -0.2) is 9.59 Å². The fraction of sp³-hybridized carbons (Fsp3) is 0.700. The number of hydrogen-bond acceptors (Lipinski definition) is 5. The largest absolute Gasteiger partial charge is 0.479 e. The predicted octanol–water partition coefficient (Wildman–Crippen LogP) is -0.709. The van der Waals surface area contributed by atoms with Gasteiger partial charge >= 0.3 is 18.0 Å². The highest BCUT2D eigenvalue weighted by Crippen LogP contribution is 1.93. The minimum Gasteiger partial charge on any atom is -0.479 e. The molecule has 0 aliphatic heterocycles. The molecule has 0 radical (unpaired) electrons. The summed E-state index contributed by atoms with van der Waals surface area (Å²) in [5.74, 6) is -1.72. The molecular weight excluding hydrogens is 244 g/mol. The van der Waals surface area contributed by atoms with Crippen molar-refractivity contribution >= 4 is 18.0 Å². The second-order valence-electron chi connectivity index (χ2n) is 3.34. The highest BCUT2D eigenvalue weighted by atomic mass is 16.5. The maximum atomic E-state index is 11.6. The molecule has 8 heteroatoms. The molecule has 0 aromatic rings. The molecule has 0 heterocycles. The van der Waals surface area contributed by atoms with Crippen LogP contribution in [0.15, 0.2) is 0 Å². The Balaban J connectivity index is 4.27. The number of nitrogens with zero attached hydrogens (tertiary/aromatic N) is 1. The molecule has 0 fully saturated rings. The number of rotatable bonds is 7. The van der Waals surface area contributed by atoms with Gasteiger partial charge in [-0.15, -0.1) is 0 Å². The van der Waals surface area contributed by atoms with Crippen molar-refractivity contribution in [3.05, 3.63) is 0 Å². The lowest BCUT2D eigenvalue weighted by Gasteiger charge is -2.21. The lowest BCUT2D eigenvalue weighted by Crippen LogP contribution is -2.46. The van der Waals surface area contributed by atoms with Crippen molar-refractivity contribution in [2.75, 3.05) is 33.9 Å². The van der Waals surface area contributed by atoms with Crippen LogP contribution in [0.4, 0.5) is 4.79 Å². The molecule has 0 saturated heterocycles. The van der Waals surface area contributed by atoms with Gasteiger partial charge in [-0.3, -0.25) is 4.79 Å². The first kappa shape index (κ1) is 16.2. The van der Waals surface area contributed by atoms with Gasteiger partial charge in [-0.2, -0.15) is 0 Å². The molecule has 18 heavy (non-hydrogen) atoms. The van der Waals surface area contributed by atoms with Crippen LogP contribution in [-0.4, -0.2) is 67.9 Å². The van der Waals surface area contributed by atoms with Crippen molar-refractivity contribution in [3.63, 3.8) is 0 Å². The molecule has 0 spiro atoms. The summed E-state index contributed by atoms with van der Waals surface area (Å²) in [6, 6.07) is -0.550. The maximum absolute atomic E-state index is 11.6.